The van der Waals surface area contributed by atoms with Gasteiger partial charge in [-0.1, -0.05) is 19.6 Å². The minimum atomic E-state index is -1.90. The molecule has 1 aromatic heterocycles. The first-order valence-corrected chi connectivity index (χ1v) is 10.0. The van der Waals surface area contributed by atoms with Crippen LogP contribution >= 0.6 is 0 Å². The Labute approximate surface area is 116 Å². The van der Waals surface area contributed by atoms with E-state index in [0.29, 0.717) is 5.19 Å². The summed E-state index contributed by atoms with van der Waals surface area (Å²) in [6.07, 6.45) is -0.442. The van der Waals surface area contributed by atoms with Crippen LogP contribution in [0.25, 0.3) is 0 Å². The van der Waals surface area contributed by atoms with Gasteiger partial charge in [0.2, 0.25) is 0 Å². The number of aliphatic hydroxyl groups excluding tert-OH is 2. The van der Waals surface area contributed by atoms with Crippen LogP contribution in [-0.4, -0.2) is 46.7 Å². The molecule has 0 bridgehead atoms. The maximum atomic E-state index is 11.9. The molecule has 2 rings (SSSR count). The molecule has 3 atom stereocenters. The molecule has 1 fully saturated rings. The number of nitrogens with zero attached hydrogens (tertiary/aromatic N) is 1. The molecule has 20 heavy (non-hydrogen) atoms. The summed E-state index contributed by atoms with van der Waals surface area (Å²) in [5.41, 5.74) is -0.921. The average Bonchev–Trinajstić information content (AvgIpc) is 2.68. The molecule has 112 valence electrons. The van der Waals surface area contributed by atoms with Gasteiger partial charge >= 0.3 is 5.69 Å². The molecule has 1 aromatic rings. The molecule has 2 heterocycles. The average molecular weight is 300 g/mol. The predicted octanol–water partition coefficient (Wildman–Crippen LogP) is -1.28. The summed E-state index contributed by atoms with van der Waals surface area (Å²) in [5.74, 6) is 0. The van der Waals surface area contributed by atoms with Crippen molar-refractivity contribution in [1.29, 1.82) is 0 Å². The lowest BCUT2D eigenvalue weighted by Crippen LogP contribution is -2.52. The second-order valence-electron chi connectivity index (χ2n) is 6.07. The summed E-state index contributed by atoms with van der Waals surface area (Å²) in [6.45, 7) is 5.71. The maximum Gasteiger partial charge on any atom is 0.330 e. The van der Waals surface area contributed by atoms with Crippen molar-refractivity contribution >= 4 is 13.3 Å². The molecule has 0 spiro atoms. The summed E-state index contributed by atoms with van der Waals surface area (Å²) in [5, 5.41) is 19.4. The zero-order chi connectivity index (χ0) is 15.1. The highest BCUT2D eigenvalue weighted by Gasteiger charge is 2.35. The number of ether oxygens (including phenoxy) is 1. The zero-order valence-corrected chi connectivity index (χ0v) is 12.8. The van der Waals surface area contributed by atoms with Gasteiger partial charge in [0, 0.05) is 17.8 Å². The number of aromatic nitrogens is 2. The van der Waals surface area contributed by atoms with E-state index in [-0.39, 0.29) is 18.6 Å². The molecule has 1 saturated heterocycles. The number of hydrogen-bond acceptors (Lipinski definition) is 5. The van der Waals surface area contributed by atoms with Crippen LogP contribution in [0.1, 0.15) is 12.6 Å². The third kappa shape index (κ3) is 2.78. The summed E-state index contributed by atoms with van der Waals surface area (Å²) < 4.78 is 6.75. The van der Waals surface area contributed by atoms with Gasteiger partial charge in [0.15, 0.2) is 0 Å². The monoisotopic (exact) mass is 300 g/mol. The SMILES string of the molecule is C[Si](C)(C)c1cn([C@H]2C[C@H](O)[C@@H](CO)O2)c(=O)[nH]c1=O. The standard InChI is InChI=1S/C12H20N2O5Si/c1-20(2,3)9-5-14(12(18)13-11(9)17)10-4-7(16)8(6-15)19-10/h5,7-8,10,15-16H,4,6H2,1-3H3,(H,13,17,18)/t7-,8+,10+/m0/s1. The number of hydrogen-bond donors (Lipinski definition) is 3. The second-order valence-corrected chi connectivity index (χ2v) is 11.1. The molecule has 0 aromatic carbocycles. The van der Waals surface area contributed by atoms with Crippen molar-refractivity contribution in [2.24, 2.45) is 0 Å². The first-order chi connectivity index (χ1) is 9.24. The fraction of sp³-hybridized carbons (Fsp3) is 0.667. The number of nitrogens with one attached hydrogen (secondary N) is 1. The maximum absolute atomic E-state index is 11.9. The van der Waals surface area contributed by atoms with Crippen molar-refractivity contribution in [3.63, 3.8) is 0 Å². The van der Waals surface area contributed by atoms with E-state index in [2.05, 4.69) is 4.98 Å². The highest BCUT2D eigenvalue weighted by molar-refractivity contribution is 6.88. The van der Waals surface area contributed by atoms with E-state index in [4.69, 9.17) is 9.84 Å². The van der Waals surface area contributed by atoms with Gasteiger partial charge in [-0.2, -0.15) is 0 Å². The third-order valence-electron chi connectivity index (χ3n) is 3.47. The van der Waals surface area contributed by atoms with Gasteiger partial charge in [-0.15, -0.1) is 0 Å². The van der Waals surface area contributed by atoms with Crippen LogP contribution in [0.2, 0.25) is 19.6 Å². The molecule has 3 N–H and O–H groups in total. The van der Waals surface area contributed by atoms with E-state index in [1.165, 1.54) is 10.8 Å². The third-order valence-corrected chi connectivity index (χ3v) is 5.44. The van der Waals surface area contributed by atoms with Crippen LogP contribution in [0.3, 0.4) is 0 Å². The van der Waals surface area contributed by atoms with Gasteiger partial charge < -0.3 is 14.9 Å². The second kappa shape index (κ2) is 5.28. The molecule has 0 unspecified atom stereocenters. The van der Waals surface area contributed by atoms with Crippen LogP contribution < -0.4 is 16.4 Å². The van der Waals surface area contributed by atoms with Gasteiger partial charge in [0.1, 0.15) is 12.3 Å². The Balaban J connectivity index is 2.43. The molecular formula is C12H20N2O5Si. The molecule has 0 aliphatic carbocycles. The van der Waals surface area contributed by atoms with E-state index in [1.54, 1.807) is 0 Å². The Morgan fingerprint density at radius 3 is 2.60 bits per heavy atom. The Morgan fingerprint density at radius 2 is 2.10 bits per heavy atom. The van der Waals surface area contributed by atoms with Crippen molar-refractivity contribution in [2.75, 3.05) is 6.61 Å². The first kappa shape index (κ1) is 15.2. The van der Waals surface area contributed by atoms with E-state index in [9.17, 15) is 14.7 Å². The van der Waals surface area contributed by atoms with Crippen molar-refractivity contribution in [1.82, 2.24) is 9.55 Å². The van der Waals surface area contributed by atoms with Crippen molar-refractivity contribution in [3.8, 4) is 0 Å². The smallest absolute Gasteiger partial charge is 0.330 e. The Hall–Kier alpha value is -1.22. The molecule has 8 heteroatoms. The Bertz CT molecular complexity index is 603. The van der Waals surface area contributed by atoms with Crippen molar-refractivity contribution in [2.45, 2.75) is 44.5 Å². The van der Waals surface area contributed by atoms with Gasteiger partial charge in [-0.3, -0.25) is 14.3 Å². The lowest BCUT2D eigenvalue weighted by Gasteiger charge is -2.19. The lowest BCUT2D eigenvalue weighted by atomic mass is 10.2. The summed E-state index contributed by atoms with van der Waals surface area (Å²) in [6, 6.07) is 0. The molecular weight excluding hydrogens is 280 g/mol. The van der Waals surface area contributed by atoms with Crippen LogP contribution in [0.5, 0.6) is 0 Å². The molecule has 7 nitrogen and oxygen atoms in total. The first-order valence-electron chi connectivity index (χ1n) is 6.54. The fourth-order valence-corrected chi connectivity index (χ4v) is 3.55. The molecule has 1 aliphatic heterocycles. The number of H-pyrrole nitrogens is 1. The van der Waals surface area contributed by atoms with Crippen LogP contribution in [0.15, 0.2) is 15.8 Å². The van der Waals surface area contributed by atoms with Crippen molar-refractivity contribution < 1.29 is 14.9 Å². The molecule has 0 saturated carbocycles. The quantitative estimate of drug-likeness (QED) is 0.603. The molecule has 0 radical (unpaired) electrons. The van der Waals surface area contributed by atoms with E-state index >= 15 is 0 Å². The number of rotatable bonds is 3. The van der Waals surface area contributed by atoms with Crippen LogP contribution in [0, 0.1) is 0 Å². The highest BCUT2D eigenvalue weighted by Crippen LogP contribution is 2.26. The van der Waals surface area contributed by atoms with Gasteiger partial charge in [0.05, 0.1) is 20.8 Å². The van der Waals surface area contributed by atoms with Crippen LogP contribution in [0.4, 0.5) is 0 Å². The summed E-state index contributed by atoms with van der Waals surface area (Å²) in [7, 11) is -1.90. The number of aromatic amines is 1. The largest absolute Gasteiger partial charge is 0.394 e. The minimum absolute atomic E-state index is 0.211. The van der Waals surface area contributed by atoms with E-state index in [1.807, 2.05) is 19.6 Å². The number of aliphatic hydroxyl groups is 2. The highest BCUT2D eigenvalue weighted by atomic mass is 28.3. The van der Waals surface area contributed by atoms with Crippen LogP contribution in [-0.2, 0) is 4.74 Å². The lowest BCUT2D eigenvalue weighted by molar-refractivity contribution is -0.0458. The van der Waals surface area contributed by atoms with Gasteiger partial charge in [0.25, 0.3) is 5.56 Å². The predicted molar refractivity (Wildman–Crippen MR) is 75.9 cm³/mol. The van der Waals surface area contributed by atoms with E-state index < -0.39 is 32.2 Å². The normalized spacial score (nSPS) is 26.9. The van der Waals surface area contributed by atoms with Gasteiger partial charge in [-0.25, -0.2) is 4.79 Å². The molecule has 1 aliphatic rings. The zero-order valence-electron chi connectivity index (χ0n) is 11.8. The fourth-order valence-electron chi connectivity index (χ4n) is 2.28. The summed E-state index contributed by atoms with van der Waals surface area (Å²) >= 11 is 0. The minimum Gasteiger partial charge on any atom is -0.394 e. The van der Waals surface area contributed by atoms with Gasteiger partial charge in [-0.05, 0) is 0 Å². The summed E-state index contributed by atoms with van der Waals surface area (Å²) in [4.78, 5) is 26.1. The van der Waals surface area contributed by atoms with E-state index in [0.717, 1.165) is 0 Å². The Kier molecular flexibility index (Phi) is 4.01. The molecule has 0 amide bonds. The Morgan fingerprint density at radius 1 is 1.45 bits per heavy atom. The topological polar surface area (TPSA) is 105 Å². The van der Waals surface area contributed by atoms with Crippen molar-refractivity contribution in [3.05, 3.63) is 27.0 Å².